The highest BCUT2D eigenvalue weighted by Crippen LogP contribution is 2.37. The first-order valence-electron chi connectivity index (χ1n) is 8.27. The van der Waals surface area contributed by atoms with Gasteiger partial charge < -0.3 is 10.6 Å². The molecule has 1 aromatic rings. The second kappa shape index (κ2) is 6.18. The molecule has 1 fully saturated rings. The van der Waals surface area contributed by atoms with Gasteiger partial charge in [0.1, 0.15) is 0 Å². The fourth-order valence-electron chi connectivity index (χ4n) is 3.89. The van der Waals surface area contributed by atoms with Gasteiger partial charge in [0, 0.05) is 18.2 Å². The van der Waals surface area contributed by atoms with Crippen molar-refractivity contribution in [2.24, 2.45) is 11.8 Å². The highest BCUT2D eigenvalue weighted by Gasteiger charge is 2.27. The molecule has 3 heteroatoms. The van der Waals surface area contributed by atoms with Crippen molar-refractivity contribution in [1.29, 1.82) is 0 Å². The Bertz CT molecular complexity index is 518. The maximum Gasteiger partial charge on any atom is 0.224 e. The third-order valence-corrected chi connectivity index (χ3v) is 5.23. The maximum absolute atomic E-state index is 11.5. The SMILES string of the molecule is CNC(c1ccc2c(c1)CCC(=O)N2)C1CCC(C)CC1. The van der Waals surface area contributed by atoms with E-state index in [-0.39, 0.29) is 5.91 Å². The zero-order valence-electron chi connectivity index (χ0n) is 13.1. The molecule has 0 spiro atoms. The first-order chi connectivity index (χ1) is 10.2. The second-order valence-electron chi connectivity index (χ2n) is 6.75. The lowest BCUT2D eigenvalue weighted by Crippen LogP contribution is -2.29. The van der Waals surface area contributed by atoms with E-state index in [1.54, 1.807) is 0 Å². The van der Waals surface area contributed by atoms with E-state index in [4.69, 9.17) is 0 Å². The molecular weight excluding hydrogens is 260 g/mol. The van der Waals surface area contributed by atoms with Crippen molar-refractivity contribution in [3.05, 3.63) is 29.3 Å². The molecule has 1 aliphatic heterocycles. The number of hydrogen-bond donors (Lipinski definition) is 2. The van der Waals surface area contributed by atoms with Crippen molar-refractivity contribution in [3.8, 4) is 0 Å². The molecule has 1 aliphatic carbocycles. The van der Waals surface area contributed by atoms with Gasteiger partial charge in [-0.1, -0.05) is 31.9 Å². The van der Waals surface area contributed by atoms with Crippen molar-refractivity contribution in [2.45, 2.75) is 51.5 Å². The molecule has 21 heavy (non-hydrogen) atoms. The Morgan fingerprint density at radius 1 is 1.19 bits per heavy atom. The van der Waals surface area contributed by atoms with E-state index in [9.17, 15) is 4.79 Å². The minimum atomic E-state index is 0.140. The van der Waals surface area contributed by atoms with Gasteiger partial charge in [0.05, 0.1) is 0 Å². The molecule has 114 valence electrons. The molecule has 1 unspecified atom stereocenters. The lowest BCUT2D eigenvalue weighted by Gasteiger charge is -2.33. The fourth-order valence-corrected chi connectivity index (χ4v) is 3.89. The molecule has 2 aliphatic rings. The number of carbonyl (C=O) groups excluding carboxylic acids is 1. The van der Waals surface area contributed by atoms with E-state index in [0.29, 0.717) is 12.5 Å². The topological polar surface area (TPSA) is 41.1 Å². The van der Waals surface area contributed by atoms with Crippen LogP contribution in [0.2, 0.25) is 0 Å². The van der Waals surface area contributed by atoms with Crippen LogP contribution in [0.3, 0.4) is 0 Å². The van der Waals surface area contributed by atoms with Crippen molar-refractivity contribution < 1.29 is 4.79 Å². The molecule has 0 saturated heterocycles. The molecule has 1 atom stereocenters. The Kier molecular flexibility index (Phi) is 4.29. The summed E-state index contributed by atoms with van der Waals surface area (Å²) in [4.78, 5) is 11.5. The van der Waals surface area contributed by atoms with E-state index in [1.165, 1.54) is 36.8 Å². The quantitative estimate of drug-likeness (QED) is 0.890. The van der Waals surface area contributed by atoms with Crippen LogP contribution in [0.15, 0.2) is 18.2 Å². The molecule has 0 bridgehead atoms. The molecule has 0 radical (unpaired) electrons. The minimum absolute atomic E-state index is 0.140. The predicted molar refractivity (Wildman–Crippen MR) is 86.3 cm³/mol. The largest absolute Gasteiger partial charge is 0.326 e. The third kappa shape index (κ3) is 3.13. The molecular formula is C18H26N2O. The number of benzene rings is 1. The zero-order valence-corrected chi connectivity index (χ0v) is 13.1. The van der Waals surface area contributed by atoms with Gasteiger partial charge in [0.15, 0.2) is 0 Å². The Morgan fingerprint density at radius 3 is 2.67 bits per heavy atom. The van der Waals surface area contributed by atoms with Gasteiger partial charge in [-0.25, -0.2) is 0 Å². The summed E-state index contributed by atoms with van der Waals surface area (Å²) in [5, 5.41) is 6.50. The van der Waals surface area contributed by atoms with Crippen LogP contribution in [0.5, 0.6) is 0 Å². The van der Waals surface area contributed by atoms with E-state index in [2.05, 4.69) is 42.8 Å². The normalized spacial score (nSPS) is 26.9. The fraction of sp³-hybridized carbons (Fsp3) is 0.611. The van der Waals surface area contributed by atoms with Crippen LogP contribution in [0, 0.1) is 11.8 Å². The Hall–Kier alpha value is -1.35. The van der Waals surface area contributed by atoms with Gasteiger partial charge in [0.25, 0.3) is 0 Å². The van der Waals surface area contributed by atoms with E-state index in [0.717, 1.165) is 23.9 Å². The first kappa shape index (κ1) is 14.6. The molecule has 1 amide bonds. The van der Waals surface area contributed by atoms with Crippen molar-refractivity contribution in [3.63, 3.8) is 0 Å². The molecule has 1 heterocycles. The van der Waals surface area contributed by atoms with Crippen LogP contribution in [0.25, 0.3) is 0 Å². The Morgan fingerprint density at radius 2 is 1.95 bits per heavy atom. The maximum atomic E-state index is 11.5. The lowest BCUT2D eigenvalue weighted by atomic mass is 9.77. The highest BCUT2D eigenvalue weighted by atomic mass is 16.1. The van der Waals surface area contributed by atoms with Crippen molar-refractivity contribution in [2.75, 3.05) is 12.4 Å². The first-order valence-corrected chi connectivity index (χ1v) is 8.27. The second-order valence-corrected chi connectivity index (χ2v) is 6.75. The van der Waals surface area contributed by atoms with Crippen molar-refractivity contribution in [1.82, 2.24) is 5.32 Å². The Labute approximate surface area is 127 Å². The Balaban J connectivity index is 1.79. The zero-order chi connectivity index (χ0) is 14.8. The highest BCUT2D eigenvalue weighted by molar-refractivity contribution is 5.93. The van der Waals surface area contributed by atoms with Crippen LogP contribution in [-0.4, -0.2) is 13.0 Å². The number of rotatable bonds is 3. The summed E-state index contributed by atoms with van der Waals surface area (Å²) in [5.74, 6) is 1.77. The number of nitrogens with one attached hydrogen (secondary N) is 2. The monoisotopic (exact) mass is 286 g/mol. The third-order valence-electron chi connectivity index (χ3n) is 5.23. The number of amides is 1. The molecule has 2 N–H and O–H groups in total. The summed E-state index contributed by atoms with van der Waals surface area (Å²) in [7, 11) is 2.07. The molecule has 3 rings (SSSR count). The summed E-state index contributed by atoms with van der Waals surface area (Å²) in [6.45, 7) is 2.37. The summed E-state index contributed by atoms with van der Waals surface area (Å²) in [6, 6.07) is 7.01. The summed E-state index contributed by atoms with van der Waals surface area (Å²) >= 11 is 0. The lowest BCUT2D eigenvalue weighted by molar-refractivity contribution is -0.116. The van der Waals surface area contributed by atoms with Crippen LogP contribution < -0.4 is 10.6 Å². The van der Waals surface area contributed by atoms with E-state index < -0.39 is 0 Å². The number of hydrogen-bond acceptors (Lipinski definition) is 2. The van der Waals surface area contributed by atoms with Gasteiger partial charge in [-0.05, 0) is 55.3 Å². The smallest absolute Gasteiger partial charge is 0.224 e. The number of aryl methyl sites for hydroxylation is 1. The average Bonchev–Trinajstić information content (AvgIpc) is 2.50. The number of anilines is 1. The predicted octanol–water partition coefficient (Wildman–Crippen LogP) is 3.66. The van der Waals surface area contributed by atoms with Crippen LogP contribution in [-0.2, 0) is 11.2 Å². The molecule has 3 nitrogen and oxygen atoms in total. The molecule has 1 saturated carbocycles. The van der Waals surface area contributed by atoms with Gasteiger partial charge in [-0.3, -0.25) is 4.79 Å². The van der Waals surface area contributed by atoms with Crippen molar-refractivity contribution >= 4 is 11.6 Å². The minimum Gasteiger partial charge on any atom is -0.326 e. The van der Waals surface area contributed by atoms with Gasteiger partial charge in [-0.2, -0.15) is 0 Å². The average molecular weight is 286 g/mol. The number of carbonyl (C=O) groups is 1. The summed E-state index contributed by atoms with van der Waals surface area (Å²) in [5.41, 5.74) is 3.67. The summed E-state index contributed by atoms with van der Waals surface area (Å²) < 4.78 is 0. The van der Waals surface area contributed by atoms with Crippen LogP contribution in [0.4, 0.5) is 5.69 Å². The summed E-state index contributed by atoms with van der Waals surface area (Å²) in [6.07, 6.45) is 6.82. The van der Waals surface area contributed by atoms with Gasteiger partial charge in [-0.15, -0.1) is 0 Å². The van der Waals surface area contributed by atoms with E-state index in [1.807, 2.05) is 0 Å². The van der Waals surface area contributed by atoms with Gasteiger partial charge in [0.2, 0.25) is 5.91 Å². The van der Waals surface area contributed by atoms with Gasteiger partial charge >= 0.3 is 0 Å². The van der Waals surface area contributed by atoms with Crippen LogP contribution >= 0.6 is 0 Å². The van der Waals surface area contributed by atoms with E-state index >= 15 is 0 Å². The molecule has 0 aromatic heterocycles. The molecule has 1 aromatic carbocycles. The standard InChI is InChI=1S/C18H26N2O/c1-12-3-5-13(6-4-12)18(19-2)15-7-9-16-14(11-15)8-10-17(21)20-16/h7,9,11-13,18-19H,3-6,8,10H2,1-2H3,(H,20,21). The van der Waals surface area contributed by atoms with Crippen LogP contribution in [0.1, 0.15) is 56.2 Å². The number of fused-ring (bicyclic) bond motifs is 1.